The van der Waals surface area contributed by atoms with E-state index in [1.165, 1.54) is 0 Å². The Hall–Kier alpha value is -2.08. The molecule has 0 saturated carbocycles. The first-order chi connectivity index (χ1) is 11.1. The highest BCUT2D eigenvalue weighted by molar-refractivity contribution is 6.33. The summed E-state index contributed by atoms with van der Waals surface area (Å²) in [5.74, 6) is 0.392. The molecule has 1 saturated heterocycles. The van der Waals surface area contributed by atoms with E-state index in [1.807, 2.05) is 34.8 Å². The molecule has 2 aromatic rings. The van der Waals surface area contributed by atoms with Crippen LogP contribution in [0, 0.1) is 12.8 Å². The third kappa shape index (κ3) is 3.82. The molecule has 1 N–H and O–H groups in total. The zero-order chi connectivity index (χ0) is 16.2. The molecule has 1 aromatic heterocycles. The molecule has 3 rings (SSSR count). The fourth-order valence-electron chi connectivity index (χ4n) is 2.97. The number of rotatable bonds is 3. The summed E-state index contributed by atoms with van der Waals surface area (Å²) in [6.07, 6.45) is 5.61. The van der Waals surface area contributed by atoms with Crippen molar-refractivity contribution >= 4 is 23.3 Å². The summed E-state index contributed by atoms with van der Waals surface area (Å²) >= 11 is 6.18. The van der Waals surface area contributed by atoms with Crippen LogP contribution in [0.25, 0.3) is 0 Å². The van der Waals surface area contributed by atoms with Gasteiger partial charge in [0.1, 0.15) is 0 Å². The average molecular weight is 334 g/mol. The van der Waals surface area contributed by atoms with Crippen LogP contribution >= 0.6 is 11.6 Å². The van der Waals surface area contributed by atoms with E-state index in [9.17, 15) is 4.79 Å². The van der Waals surface area contributed by atoms with Crippen LogP contribution in [0.2, 0.25) is 5.02 Å². The fraction of sp³-hybridized carbons (Fsp3) is 0.438. The first-order valence-corrected chi connectivity index (χ1v) is 8.16. The number of aryl methyl sites for hydroxylation is 1. The third-order valence-corrected chi connectivity index (χ3v) is 4.49. The molecule has 0 spiro atoms. The number of carbonyl (C=O) groups excluding carboxylic acids is 1. The van der Waals surface area contributed by atoms with Crippen LogP contribution in [0.4, 0.5) is 10.5 Å². The number of carbonyl (C=O) groups is 1. The average Bonchev–Trinajstić information content (AvgIpc) is 3.04. The highest BCUT2D eigenvalue weighted by atomic mass is 35.5. The smallest absolute Gasteiger partial charge is 0.321 e. The van der Waals surface area contributed by atoms with Crippen molar-refractivity contribution in [3.63, 3.8) is 0 Å². The number of piperidine rings is 1. The van der Waals surface area contributed by atoms with E-state index in [2.05, 4.69) is 15.6 Å². The van der Waals surface area contributed by atoms with Crippen LogP contribution in [0.1, 0.15) is 18.4 Å². The van der Waals surface area contributed by atoms with Crippen LogP contribution in [0.15, 0.2) is 30.6 Å². The van der Waals surface area contributed by atoms with E-state index >= 15 is 0 Å². The summed E-state index contributed by atoms with van der Waals surface area (Å²) in [7, 11) is 0. The van der Waals surface area contributed by atoms with E-state index in [0.29, 0.717) is 16.6 Å². The first-order valence-electron chi connectivity index (χ1n) is 7.78. The zero-order valence-electron chi connectivity index (χ0n) is 13.1. The monoisotopic (exact) mass is 333 g/mol. The summed E-state index contributed by atoms with van der Waals surface area (Å²) in [6.45, 7) is 4.21. The third-order valence-electron chi connectivity index (χ3n) is 4.18. The molecule has 1 fully saturated rings. The number of likely N-dealkylation sites (tertiary alicyclic amines) is 1. The zero-order valence-corrected chi connectivity index (χ0v) is 13.8. The van der Waals surface area contributed by atoms with Gasteiger partial charge in [0.2, 0.25) is 0 Å². The molecule has 0 bridgehead atoms. The molecule has 0 aliphatic carbocycles. The van der Waals surface area contributed by atoms with Gasteiger partial charge in [-0.1, -0.05) is 28.9 Å². The van der Waals surface area contributed by atoms with E-state index < -0.39 is 0 Å². The standard InChI is InChI=1S/C16H20ClN5O/c1-12-4-2-6-14(17)15(12)19-16(23)21-8-3-5-13(10-21)11-22-9-7-18-20-22/h2,4,6-7,9,13H,3,5,8,10-11H2,1H3,(H,19,23)/t13-/m1/s1. The fourth-order valence-corrected chi connectivity index (χ4v) is 3.24. The number of amides is 2. The number of halogens is 1. The van der Waals surface area contributed by atoms with Gasteiger partial charge in [0.25, 0.3) is 0 Å². The molecule has 7 heteroatoms. The van der Waals surface area contributed by atoms with Crippen LogP contribution in [0.5, 0.6) is 0 Å². The van der Waals surface area contributed by atoms with Crippen molar-refractivity contribution in [2.75, 3.05) is 18.4 Å². The van der Waals surface area contributed by atoms with Gasteiger partial charge in [0, 0.05) is 25.8 Å². The molecule has 0 radical (unpaired) electrons. The molecular weight excluding hydrogens is 314 g/mol. The quantitative estimate of drug-likeness (QED) is 0.938. The molecule has 122 valence electrons. The Morgan fingerprint density at radius 2 is 2.35 bits per heavy atom. The lowest BCUT2D eigenvalue weighted by molar-refractivity contribution is 0.168. The van der Waals surface area contributed by atoms with Crippen molar-refractivity contribution in [2.24, 2.45) is 5.92 Å². The van der Waals surface area contributed by atoms with Crippen LogP contribution < -0.4 is 5.32 Å². The van der Waals surface area contributed by atoms with Gasteiger partial charge in [-0.25, -0.2) is 4.79 Å². The maximum absolute atomic E-state index is 12.5. The SMILES string of the molecule is Cc1cccc(Cl)c1NC(=O)N1CCC[C@@H](Cn2ccnn2)C1. The molecule has 1 aliphatic rings. The predicted octanol–water partition coefficient (Wildman–Crippen LogP) is 3.18. The topological polar surface area (TPSA) is 63.1 Å². The number of anilines is 1. The molecule has 1 atom stereocenters. The largest absolute Gasteiger partial charge is 0.324 e. The molecule has 1 aromatic carbocycles. The van der Waals surface area contributed by atoms with Gasteiger partial charge >= 0.3 is 6.03 Å². The van der Waals surface area contributed by atoms with E-state index in [0.717, 1.165) is 38.0 Å². The second-order valence-corrected chi connectivity index (χ2v) is 6.35. The number of hydrogen-bond acceptors (Lipinski definition) is 3. The Bertz CT molecular complexity index is 653. The van der Waals surface area contributed by atoms with Gasteiger partial charge in [-0.3, -0.25) is 4.68 Å². The second kappa shape index (κ2) is 7.00. The van der Waals surface area contributed by atoms with Gasteiger partial charge in [0.15, 0.2) is 0 Å². The van der Waals surface area contributed by atoms with Gasteiger partial charge in [-0.2, -0.15) is 0 Å². The minimum absolute atomic E-state index is 0.0931. The lowest BCUT2D eigenvalue weighted by atomic mass is 9.98. The molecule has 6 nitrogen and oxygen atoms in total. The summed E-state index contributed by atoms with van der Waals surface area (Å²) in [5, 5.41) is 11.3. The number of para-hydroxylation sites is 1. The molecule has 23 heavy (non-hydrogen) atoms. The number of benzene rings is 1. The second-order valence-electron chi connectivity index (χ2n) is 5.94. The van der Waals surface area contributed by atoms with Gasteiger partial charge in [0.05, 0.1) is 16.9 Å². The summed E-state index contributed by atoms with van der Waals surface area (Å²) in [4.78, 5) is 14.4. The Balaban J connectivity index is 1.63. The van der Waals surface area contributed by atoms with Crippen molar-refractivity contribution < 1.29 is 4.79 Å². The van der Waals surface area contributed by atoms with Crippen LogP contribution in [-0.2, 0) is 6.54 Å². The number of urea groups is 1. The van der Waals surface area contributed by atoms with E-state index in [1.54, 1.807) is 12.3 Å². The molecular formula is C16H20ClN5O. The molecule has 0 unspecified atom stereocenters. The normalized spacial score (nSPS) is 18.0. The first kappa shape index (κ1) is 15.8. The van der Waals surface area contributed by atoms with Crippen molar-refractivity contribution in [2.45, 2.75) is 26.3 Å². The molecule has 2 heterocycles. The Morgan fingerprint density at radius 1 is 1.48 bits per heavy atom. The lowest BCUT2D eigenvalue weighted by Crippen LogP contribution is -2.43. The minimum Gasteiger partial charge on any atom is -0.324 e. The van der Waals surface area contributed by atoms with Crippen LogP contribution in [-0.4, -0.2) is 39.0 Å². The van der Waals surface area contributed by atoms with Crippen molar-refractivity contribution in [3.05, 3.63) is 41.2 Å². The van der Waals surface area contributed by atoms with Crippen molar-refractivity contribution in [1.82, 2.24) is 19.9 Å². The van der Waals surface area contributed by atoms with Gasteiger partial charge in [-0.15, -0.1) is 5.10 Å². The number of nitrogens with one attached hydrogen (secondary N) is 1. The maximum Gasteiger partial charge on any atom is 0.321 e. The van der Waals surface area contributed by atoms with Crippen LogP contribution in [0.3, 0.4) is 0 Å². The van der Waals surface area contributed by atoms with E-state index in [4.69, 9.17) is 11.6 Å². The Labute approximate surface area is 140 Å². The Kier molecular flexibility index (Phi) is 4.81. The van der Waals surface area contributed by atoms with Gasteiger partial charge in [-0.05, 0) is 37.3 Å². The number of hydrogen-bond donors (Lipinski definition) is 1. The summed E-state index contributed by atoms with van der Waals surface area (Å²) in [5.41, 5.74) is 1.65. The number of aromatic nitrogens is 3. The maximum atomic E-state index is 12.5. The summed E-state index contributed by atoms with van der Waals surface area (Å²) < 4.78 is 1.82. The lowest BCUT2D eigenvalue weighted by Gasteiger charge is -2.32. The highest BCUT2D eigenvalue weighted by Gasteiger charge is 2.24. The minimum atomic E-state index is -0.0931. The van der Waals surface area contributed by atoms with Crippen molar-refractivity contribution in [3.8, 4) is 0 Å². The van der Waals surface area contributed by atoms with Crippen molar-refractivity contribution in [1.29, 1.82) is 0 Å². The molecule has 1 aliphatic heterocycles. The number of nitrogens with zero attached hydrogens (tertiary/aromatic N) is 4. The summed E-state index contributed by atoms with van der Waals surface area (Å²) in [6, 6.07) is 5.51. The Morgan fingerprint density at radius 3 is 3.09 bits per heavy atom. The van der Waals surface area contributed by atoms with E-state index in [-0.39, 0.29) is 6.03 Å². The molecule has 2 amide bonds. The highest BCUT2D eigenvalue weighted by Crippen LogP contribution is 2.26. The predicted molar refractivity (Wildman–Crippen MR) is 89.5 cm³/mol. The van der Waals surface area contributed by atoms with Gasteiger partial charge < -0.3 is 10.2 Å².